The van der Waals surface area contributed by atoms with E-state index in [1.807, 2.05) is 0 Å². The highest BCUT2D eigenvalue weighted by Crippen LogP contribution is 2.24. The number of hydrogen-bond acceptors (Lipinski definition) is 3. The van der Waals surface area contributed by atoms with Gasteiger partial charge in [-0.1, -0.05) is 6.42 Å². The Balaban J connectivity index is 0.00000144. The lowest BCUT2D eigenvalue weighted by Gasteiger charge is -2.36. The van der Waals surface area contributed by atoms with Crippen LogP contribution >= 0.6 is 12.4 Å². The number of nitrogens with zero attached hydrogens (tertiary/aromatic N) is 2. The molecule has 0 bridgehead atoms. The zero-order chi connectivity index (χ0) is 11.6. The highest BCUT2D eigenvalue weighted by Gasteiger charge is 2.36. The summed E-state index contributed by atoms with van der Waals surface area (Å²) in [5, 5.41) is 0. The van der Waals surface area contributed by atoms with Crippen molar-refractivity contribution in [3.63, 3.8) is 0 Å². The molecule has 17 heavy (non-hydrogen) atoms. The molecule has 102 valence electrons. The number of halogens is 1. The van der Waals surface area contributed by atoms with Crippen LogP contribution in [0.2, 0.25) is 0 Å². The monoisotopic (exact) mass is 283 g/mol. The molecular formula is C10H22ClN3O2S. The molecule has 2 rings (SSSR count). The average molecular weight is 284 g/mol. The third-order valence-electron chi connectivity index (χ3n) is 3.53. The molecule has 5 nitrogen and oxygen atoms in total. The normalized spacial score (nSPS) is 27.9. The third-order valence-corrected chi connectivity index (χ3v) is 5.62. The molecule has 2 saturated heterocycles. The second-order valence-electron chi connectivity index (χ2n) is 4.61. The van der Waals surface area contributed by atoms with Gasteiger partial charge in [0.2, 0.25) is 0 Å². The molecule has 0 aliphatic carbocycles. The van der Waals surface area contributed by atoms with Crippen LogP contribution in [-0.4, -0.2) is 49.2 Å². The van der Waals surface area contributed by atoms with E-state index in [0.29, 0.717) is 26.2 Å². The maximum atomic E-state index is 12.4. The van der Waals surface area contributed by atoms with Gasteiger partial charge in [0.25, 0.3) is 10.2 Å². The van der Waals surface area contributed by atoms with Gasteiger partial charge in [-0.05, 0) is 25.7 Å². The highest BCUT2D eigenvalue weighted by atomic mass is 35.5. The van der Waals surface area contributed by atoms with E-state index in [2.05, 4.69) is 0 Å². The molecule has 2 aliphatic rings. The zero-order valence-electron chi connectivity index (χ0n) is 10.0. The van der Waals surface area contributed by atoms with E-state index >= 15 is 0 Å². The summed E-state index contributed by atoms with van der Waals surface area (Å²) < 4.78 is 27.9. The summed E-state index contributed by atoms with van der Waals surface area (Å²) in [6.07, 6.45) is 4.93. The summed E-state index contributed by atoms with van der Waals surface area (Å²) in [6.45, 7) is 2.43. The molecule has 2 fully saturated rings. The summed E-state index contributed by atoms with van der Waals surface area (Å²) in [4.78, 5) is 0. The molecule has 0 saturated carbocycles. The lowest BCUT2D eigenvalue weighted by Crippen LogP contribution is -2.52. The van der Waals surface area contributed by atoms with Crippen molar-refractivity contribution in [3.8, 4) is 0 Å². The average Bonchev–Trinajstić information content (AvgIpc) is 2.83. The maximum Gasteiger partial charge on any atom is 0.282 e. The lowest BCUT2D eigenvalue weighted by atomic mass is 10.1. The van der Waals surface area contributed by atoms with Crippen molar-refractivity contribution in [2.45, 2.75) is 38.1 Å². The molecule has 2 heterocycles. The van der Waals surface area contributed by atoms with Crippen molar-refractivity contribution < 1.29 is 8.42 Å². The van der Waals surface area contributed by atoms with Crippen molar-refractivity contribution in [3.05, 3.63) is 0 Å². The predicted octanol–water partition coefficient (Wildman–Crippen LogP) is 0.562. The zero-order valence-corrected chi connectivity index (χ0v) is 11.7. The van der Waals surface area contributed by atoms with Crippen LogP contribution in [-0.2, 0) is 10.2 Å². The third kappa shape index (κ3) is 3.12. The van der Waals surface area contributed by atoms with Crippen LogP contribution in [0.5, 0.6) is 0 Å². The van der Waals surface area contributed by atoms with Crippen LogP contribution in [0.15, 0.2) is 0 Å². The molecule has 2 aliphatic heterocycles. The number of rotatable bonds is 3. The van der Waals surface area contributed by atoms with Gasteiger partial charge in [0.05, 0.1) is 0 Å². The topological polar surface area (TPSA) is 66.6 Å². The van der Waals surface area contributed by atoms with E-state index in [-0.39, 0.29) is 18.4 Å². The smallest absolute Gasteiger partial charge is 0.282 e. The van der Waals surface area contributed by atoms with Gasteiger partial charge in [-0.15, -0.1) is 12.4 Å². The Hall–Kier alpha value is 0.120. The summed E-state index contributed by atoms with van der Waals surface area (Å²) in [6, 6.07) is 0.0133. The molecule has 2 N–H and O–H groups in total. The number of nitrogens with two attached hydrogens (primary N) is 1. The fourth-order valence-corrected chi connectivity index (χ4v) is 4.52. The molecule has 1 atom stereocenters. The number of hydrogen-bond donors (Lipinski definition) is 1. The first-order chi connectivity index (χ1) is 7.66. The van der Waals surface area contributed by atoms with Crippen molar-refractivity contribution in [2.24, 2.45) is 5.73 Å². The molecule has 0 aromatic carbocycles. The first-order valence-corrected chi connectivity index (χ1v) is 7.53. The standard InChI is InChI=1S/C10H21N3O2S.ClH/c11-9-10-5-1-2-8-13(10)16(14,15)12-6-3-4-7-12;/h10H,1-9,11H2;1H. The minimum Gasteiger partial charge on any atom is -0.329 e. The van der Waals surface area contributed by atoms with Crippen molar-refractivity contribution in [2.75, 3.05) is 26.2 Å². The number of piperidine rings is 1. The summed E-state index contributed by atoms with van der Waals surface area (Å²) >= 11 is 0. The first-order valence-electron chi connectivity index (χ1n) is 6.13. The van der Waals surface area contributed by atoms with Crippen LogP contribution in [0.1, 0.15) is 32.1 Å². The minimum absolute atomic E-state index is 0. The van der Waals surface area contributed by atoms with Gasteiger partial charge in [0, 0.05) is 32.2 Å². The Bertz CT molecular complexity index is 330. The van der Waals surface area contributed by atoms with Crippen LogP contribution < -0.4 is 5.73 Å². The fourth-order valence-electron chi connectivity index (χ4n) is 2.58. The molecule has 0 radical (unpaired) electrons. The summed E-state index contributed by atoms with van der Waals surface area (Å²) in [5.41, 5.74) is 5.66. The van der Waals surface area contributed by atoms with Crippen LogP contribution in [0, 0.1) is 0 Å². The molecule has 1 unspecified atom stereocenters. The van der Waals surface area contributed by atoms with Gasteiger partial charge in [0.1, 0.15) is 0 Å². The van der Waals surface area contributed by atoms with E-state index in [0.717, 1.165) is 32.1 Å². The molecular weight excluding hydrogens is 262 g/mol. The Morgan fingerprint density at radius 2 is 1.65 bits per heavy atom. The van der Waals surface area contributed by atoms with Crippen molar-refractivity contribution >= 4 is 22.6 Å². The van der Waals surface area contributed by atoms with Gasteiger partial charge in [0.15, 0.2) is 0 Å². The van der Waals surface area contributed by atoms with Gasteiger partial charge in [-0.3, -0.25) is 0 Å². The SMILES string of the molecule is Cl.NCC1CCCCN1S(=O)(=O)N1CCCC1. The lowest BCUT2D eigenvalue weighted by molar-refractivity contribution is 0.240. The van der Waals surface area contributed by atoms with Gasteiger partial charge in [-0.25, -0.2) is 0 Å². The van der Waals surface area contributed by atoms with Gasteiger partial charge < -0.3 is 5.73 Å². The second-order valence-corrected chi connectivity index (χ2v) is 6.49. The molecule has 0 aromatic heterocycles. The highest BCUT2D eigenvalue weighted by molar-refractivity contribution is 7.86. The molecule has 0 aromatic rings. The first kappa shape index (κ1) is 15.2. The van der Waals surface area contributed by atoms with Crippen molar-refractivity contribution in [1.82, 2.24) is 8.61 Å². The quantitative estimate of drug-likeness (QED) is 0.823. The Kier molecular flexibility index (Phi) is 5.66. The van der Waals surface area contributed by atoms with E-state index in [4.69, 9.17) is 5.73 Å². The van der Waals surface area contributed by atoms with E-state index in [1.54, 1.807) is 8.61 Å². The van der Waals surface area contributed by atoms with E-state index < -0.39 is 10.2 Å². The minimum atomic E-state index is -3.24. The van der Waals surface area contributed by atoms with Crippen molar-refractivity contribution in [1.29, 1.82) is 0 Å². The summed E-state index contributed by atoms with van der Waals surface area (Å²) in [5.74, 6) is 0. The van der Waals surface area contributed by atoms with Crippen LogP contribution in [0.3, 0.4) is 0 Å². The predicted molar refractivity (Wildman–Crippen MR) is 70.4 cm³/mol. The van der Waals surface area contributed by atoms with E-state index in [9.17, 15) is 8.42 Å². The van der Waals surface area contributed by atoms with E-state index in [1.165, 1.54) is 0 Å². The van der Waals surface area contributed by atoms with Gasteiger partial charge >= 0.3 is 0 Å². The Morgan fingerprint density at radius 3 is 2.24 bits per heavy atom. The Labute approximate surface area is 110 Å². The summed E-state index contributed by atoms with van der Waals surface area (Å²) in [7, 11) is -3.24. The second kappa shape index (κ2) is 6.33. The van der Waals surface area contributed by atoms with Crippen LogP contribution in [0.25, 0.3) is 0 Å². The fraction of sp³-hybridized carbons (Fsp3) is 1.00. The molecule has 0 spiro atoms. The van der Waals surface area contributed by atoms with Crippen LogP contribution in [0.4, 0.5) is 0 Å². The molecule has 0 amide bonds. The Morgan fingerprint density at radius 1 is 1.06 bits per heavy atom. The largest absolute Gasteiger partial charge is 0.329 e. The maximum absolute atomic E-state index is 12.4. The molecule has 7 heteroatoms. The van der Waals surface area contributed by atoms with Gasteiger partial charge in [-0.2, -0.15) is 17.0 Å².